The maximum absolute atomic E-state index is 6.28. The highest BCUT2D eigenvalue weighted by Gasteiger charge is 2.22. The minimum absolute atomic E-state index is 0.815. The van der Waals surface area contributed by atoms with Crippen LogP contribution in [0.4, 0.5) is 0 Å². The number of fused-ring (bicyclic) bond motifs is 5. The SMILES string of the molecule is C=Cc1c(/C=C\C)oc2cc(-c3cn(C4=CCCC=C4)c4c(-n5c6ccccc6c6ccccc65)ncnc34)ccc12. The van der Waals surface area contributed by atoms with Crippen LogP contribution in [-0.2, 0) is 0 Å². The van der Waals surface area contributed by atoms with Gasteiger partial charge in [0.05, 0.1) is 11.0 Å². The number of nitrogens with zero attached hydrogens (tertiary/aromatic N) is 4. The van der Waals surface area contributed by atoms with Crippen LogP contribution in [0.5, 0.6) is 0 Å². The number of benzene rings is 3. The summed E-state index contributed by atoms with van der Waals surface area (Å²) in [4.78, 5) is 9.85. The van der Waals surface area contributed by atoms with Crippen molar-refractivity contribution >= 4 is 61.7 Å². The van der Waals surface area contributed by atoms with Gasteiger partial charge in [-0.05, 0) is 61.7 Å². The first-order valence-electron chi connectivity index (χ1n) is 14.3. The summed E-state index contributed by atoms with van der Waals surface area (Å²) < 4.78 is 10.8. The Bertz CT molecular complexity index is 2230. The molecule has 0 spiro atoms. The Morgan fingerprint density at radius 1 is 0.905 bits per heavy atom. The van der Waals surface area contributed by atoms with Gasteiger partial charge in [0.1, 0.15) is 28.7 Å². The second-order valence-corrected chi connectivity index (χ2v) is 10.6. The maximum atomic E-state index is 6.28. The highest BCUT2D eigenvalue weighted by molar-refractivity contribution is 6.11. The predicted molar refractivity (Wildman–Crippen MR) is 175 cm³/mol. The standard InChI is InChI=1S/C37H28N4O/c1-3-12-33-26(4-2)29-20-19-24(21-34(29)42-33)30-22-40(25-13-6-5-7-14-25)36-35(30)38-23-39-37(36)41-31-17-10-8-15-27(31)28-16-9-11-18-32(28)41/h3-4,6,8-23H,2,5,7H2,1H3/b12-3-. The number of hydrogen-bond acceptors (Lipinski definition) is 3. The smallest absolute Gasteiger partial charge is 0.166 e. The molecule has 0 saturated carbocycles. The summed E-state index contributed by atoms with van der Waals surface area (Å²) in [7, 11) is 0. The Balaban J connectivity index is 1.44. The Morgan fingerprint density at radius 2 is 1.69 bits per heavy atom. The van der Waals surface area contributed by atoms with E-state index in [4.69, 9.17) is 14.4 Å². The van der Waals surface area contributed by atoms with Crippen molar-refractivity contribution in [1.29, 1.82) is 0 Å². The van der Waals surface area contributed by atoms with Gasteiger partial charge in [0.2, 0.25) is 0 Å². The van der Waals surface area contributed by atoms with Crippen LogP contribution in [0.2, 0.25) is 0 Å². The first-order chi connectivity index (χ1) is 20.8. The molecule has 0 radical (unpaired) electrons. The Labute approximate surface area is 243 Å². The Hall–Kier alpha value is -5.42. The molecule has 8 rings (SSSR count). The quantitative estimate of drug-likeness (QED) is 0.217. The molecular weight excluding hydrogens is 516 g/mol. The van der Waals surface area contributed by atoms with Gasteiger partial charge in [0.15, 0.2) is 5.82 Å². The number of aromatic nitrogens is 4. The van der Waals surface area contributed by atoms with Crippen LogP contribution >= 0.6 is 0 Å². The van der Waals surface area contributed by atoms with Crippen molar-refractivity contribution in [2.75, 3.05) is 0 Å². The van der Waals surface area contributed by atoms with E-state index in [-0.39, 0.29) is 0 Å². The van der Waals surface area contributed by atoms with Gasteiger partial charge in [0.25, 0.3) is 0 Å². The number of para-hydroxylation sites is 2. The van der Waals surface area contributed by atoms with Gasteiger partial charge in [-0.15, -0.1) is 0 Å². The normalized spacial score (nSPS) is 13.7. The van der Waals surface area contributed by atoms with E-state index < -0.39 is 0 Å². The van der Waals surface area contributed by atoms with Crippen molar-refractivity contribution in [2.45, 2.75) is 19.8 Å². The van der Waals surface area contributed by atoms with Crippen LogP contribution in [0.3, 0.4) is 0 Å². The second kappa shape index (κ2) is 9.60. The molecule has 202 valence electrons. The van der Waals surface area contributed by atoms with Crippen LogP contribution in [0, 0.1) is 0 Å². The average molecular weight is 545 g/mol. The predicted octanol–water partition coefficient (Wildman–Crippen LogP) is 9.81. The highest BCUT2D eigenvalue weighted by atomic mass is 16.3. The molecule has 1 aliphatic rings. The van der Waals surface area contributed by atoms with Gasteiger partial charge in [-0.25, -0.2) is 9.97 Å². The molecule has 5 nitrogen and oxygen atoms in total. The topological polar surface area (TPSA) is 48.8 Å². The molecule has 42 heavy (non-hydrogen) atoms. The lowest BCUT2D eigenvalue weighted by Crippen LogP contribution is -2.04. The third kappa shape index (κ3) is 3.57. The van der Waals surface area contributed by atoms with Crippen LogP contribution in [0.1, 0.15) is 31.1 Å². The summed E-state index contributed by atoms with van der Waals surface area (Å²) >= 11 is 0. The van der Waals surface area contributed by atoms with E-state index in [9.17, 15) is 0 Å². The molecule has 0 saturated heterocycles. The minimum Gasteiger partial charge on any atom is -0.456 e. The summed E-state index contributed by atoms with van der Waals surface area (Å²) in [5.41, 5.74) is 9.12. The second-order valence-electron chi connectivity index (χ2n) is 10.6. The molecule has 0 amide bonds. The average Bonchev–Trinajstić information content (AvgIpc) is 3.71. The maximum Gasteiger partial charge on any atom is 0.166 e. The summed E-state index contributed by atoms with van der Waals surface area (Å²) in [6, 6.07) is 23.5. The largest absolute Gasteiger partial charge is 0.456 e. The van der Waals surface area contributed by atoms with E-state index in [1.807, 2.05) is 25.2 Å². The van der Waals surface area contributed by atoms with Crippen LogP contribution in [0.15, 0.2) is 115 Å². The molecule has 0 unspecified atom stereocenters. The zero-order chi connectivity index (χ0) is 28.2. The minimum atomic E-state index is 0.815. The molecule has 7 aromatic rings. The fourth-order valence-electron chi connectivity index (χ4n) is 6.34. The van der Waals surface area contributed by atoms with Crippen LogP contribution in [-0.4, -0.2) is 19.1 Å². The van der Waals surface area contributed by atoms with E-state index in [0.29, 0.717) is 0 Å². The van der Waals surface area contributed by atoms with Crippen molar-refractivity contribution in [1.82, 2.24) is 19.1 Å². The van der Waals surface area contributed by atoms with E-state index in [1.165, 1.54) is 10.8 Å². The van der Waals surface area contributed by atoms with Gasteiger partial charge in [-0.3, -0.25) is 4.57 Å². The zero-order valence-electron chi connectivity index (χ0n) is 23.3. The highest BCUT2D eigenvalue weighted by Crippen LogP contribution is 2.39. The number of allylic oxidation sites excluding steroid dienone is 5. The lowest BCUT2D eigenvalue weighted by Gasteiger charge is -2.14. The lowest BCUT2D eigenvalue weighted by molar-refractivity contribution is 0.603. The Kier molecular flexibility index (Phi) is 5.57. The van der Waals surface area contributed by atoms with Crippen molar-refractivity contribution in [2.24, 2.45) is 0 Å². The van der Waals surface area contributed by atoms with Crippen molar-refractivity contribution < 1.29 is 4.42 Å². The molecule has 4 aromatic heterocycles. The fourth-order valence-corrected chi connectivity index (χ4v) is 6.34. The summed E-state index contributed by atoms with van der Waals surface area (Å²) in [6.07, 6.45) is 18.5. The summed E-state index contributed by atoms with van der Waals surface area (Å²) in [5.74, 6) is 1.67. The third-order valence-electron chi connectivity index (χ3n) is 8.19. The van der Waals surface area contributed by atoms with Gasteiger partial charge in [0, 0.05) is 39.2 Å². The van der Waals surface area contributed by atoms with E-state index in [1.54, 1.807) is 6.33 Å². The summed E-state index contributed by atoms with van der Waals surface area (Å²) in [6.45, 7) is 6.01. The van der Waals surface area contributed by atoms with E-state index >= 15 is 0 Å². The molecule has 0 aliphatic heterocycles. The molecule has 0 bridgehead atoms. The molecule has 1 aliphatic carbocycles. The first-order valence-corrected chi connectivity index (χ1v) is 14.3. The zero-order valence-corrected chi connectivity index (χ0v) is 23.3. The van der Waals surface area contributed by atoms with Gasteiger partial charge in [-0.2, -0.15) is 0 Å². The molecular formula is C37H28N4O. The molecule has 5 heteroatoms. The van der Waals surface area contributed by atoms with Gasteiger partial charge >= 0.3 is 0 Å². The molecule has 0 atom stereocenters. The summed E-state index contributed by atoms with van der Waals surface area (Å²) in [5, 5.41) is 3.45. The van der Waals surface area contributed by atoms with Crippen LogP contribution < -0.4 is 0 Å². The van der Waals surface area contributed by atoms with Crippen LogP contribution in [0.25, 0.3) is 78.6 Å². The molecule has 4 heterocycles. The fraction of sp³-hybridized carbons (Fsp3) is 0.0811. The third-order valence-corrected chi connectivity index (χ3v) is 8.19. The van der Waals surface area contributed by atoms with E-state index in [2.05, 4.69) is 107 Å². The first kappa shape index (κ1) is 24.4. The van der Waals surface area contributed by atoms with Gasteiger partial charge in [-0.1, -0.05) is 73.3 Å². The molecule has 0 N–H and O–H groups in total. The van der Waals surface area contributed by atoms with E-state index in [0.717, 1.165) is 79.8 Å². The number of rotatable bonds is 5. The van der Waals surface area contributed by atoms with Crippen molar-refractivity contribution in [3.63, 3.8) is 0 Å². The molecule has 3 aromatic carbocycles. The Morgan fingerprint density at radius 3 is 2.40 bits per heavy atom. The molecule has 0 fully saturated rings. The lowest BCUT2D eigenvalue weighted by atomic mass is 10.0. The monoisotopic (exact) mass is 544 g/mol. The van der Waals surface area contributed by atoms with Crippen molar-refractivity contribution in [3.8, 4) is 16.9 Å². The van der Waals surface area contributed by atoms with Gasteiger partial charge < -0.3 is 8.98 Å². The number of furan rings is 1. The number of hydrogen-bond donors (Lipinski definition) is 0. The van der Waals surface area contributed by atoms with Crippen molar-refractivity contribution in [3.05, 3.63) is 121 Å².